The summed E-state index contributed by atoms with van der Waals surface area (Å²) in [6.07, 6.45) is 0.634. The van der Waals surface area contributed by atoms with Gasteiger partial charge in [0.1, 0.15) is 6.04 Å². The average molecular weight is 343 g/mol. The lowest BCUT2D eigenvalue weighted by Crippen LogP contribution is -2.53. The van der Waals surface area contributed by atoms with Gasteiger partial charge in [0, 0.05) is 19.4 Å². The van der Waals surface area contributed by atoms with Crippen LogP contribution in [0.5, 0.6) is 0 Å². The highest BCUT2D eigenvalue weighted by Crippen LogP contribution is 2.28. The molecular weight excluding hydrogens is 322 g/mol. The lowest BCUT2D eigenvalue weighted by molar-refractivity contribution is -0.138. The number of nitrogens with one attached hydrogen (secondary N) is 2. The summed E-state index contributed by atoms with van der Waals surface area (Å²) in [6.45, 7) is 2.27. The zero-order valence-electron chi connectivity index (χ0n) is 14.0. The summed E-state index contributed by atoms with van der Waals surface area (Å²) >= 11 is 0. The normalized spacial score (nSPS) is 24.8. The summed E-state index contributed by atoms with van der Waals surface area (Å²) in [5, 5.41) is 4.88. The van der Waals surface area contributed by atoms with Gasteiger partial charge in [-0.15, -0.1) is 0 Å². The third-order valence-electron chi connectivity index (χ3n) is 4.83. The molecule has 1 aromatic carbocycles. The second kappa shape index (κ2) is 7.04. The first-order valence-corrected chi connectivity index (χ1v) is 8.44. The van der Waals surface area contributed by atoms with Gasteiger partial charge in [-0.1, -0.05) is 30.3 Å². The molecule has 0 bridgehead atoms. The third-order valence-corrected chi connectivity index (χ3v) is 4.83. The second-order valence-electron chi connectivity index (χ2n) is 6.55. The molecule has 2 aliphatic heterocycles. The molecule has 4 amide bonds. The Balaban J connectivity index is 1.61. The molecule has 0 aromatic heterocycles. The first kappa shape index (κ1) is 17.1. The fourth-order valence-electron chi connectivity index (χ4n) is 3.31. The Bertz CT molecular complexity index is 704. The van der Waals surface area contributed by atoms with Crippen LogP contribution in [0.3, 0.4) is 0 Å². The van der Waals surface area contributed by atoms with E-state index in [9.17, 15) is 19.2 Å². The predicted molar refractivity (Wildman–Crippen MR) is 89.0 cm³/mol. The highest BCUT2D eigenvalue weighted by Gasteiger charge is 2.38. The summed E-state index contributed by atoms with van der Waals surface area (Å²) < 4.78 is 0. The van der Waals surface area contributed by atoms with Gasteiger partial charge in [-0.2, -0.15) is 0 Å². The van der Waals surface area contributed by atoms with Gasteiger partial charge in [0.05, 0.1) is 12.0 Å². The second-order valence-corrected chi connectivity index (χ2v) is 6.55. The maximum atomic E-state index is 12.4. The van der Waals surface area contributed by atoms with Crippen molar-refractivity contribution in [2.75, 3.05) is 6.54 Å². The minimum Gasteiger partial charge on any atom is -0.344 e. The predicted octanol–water partition coefficient (Wildman–Crippen LogP) is 0.517. The third kappa shape index (κ3) is 3.70. The number of carbonyl (C=O) groups excluding carboxylic acids is 4. The van der Waals surface area contributed by atoms with Crippen molar-refractivity contribution >= 4 is 23.6 Å². The standard InChI is InChI=1S/C18H21N3O4/c1-11(12-5-3-2-4-6-12)21-10-13(9-16(21)23)17(24)19-14-7-8-15(22)20-18(14)25/h2-6,11,13-14H,7-10H2,1H3,(H,19,24)(H,20,22,25). The molecule has 0 radical (unpaired) electrons. The number of rotatable bonds is 4. The Kier molecular flexibility index (Phi) is 4.83. The van der Waals surface area contributed by atoms with Gasteiger partial charge in [-0.25, -0.2) is 0 Å². The number of nitrogens with zero attached hydrogens (tertiary/aromatic N) is 1. The quantitative estimate of drug-likeness (QED) is 0.779. The van der Waals surface area contributed by atoms with Crippen molar-refractivity contribution in [1.29, 1.82) is 0 Å². The van der Waals surface area contributed by atoms with E-state index in [-0.39, 0.29) is 36.6 Å². The SMILES string of the molecule is CC(c1ccccc1)N1CC(C(=O)NC2CCC(=O)NC2=O)CC1=O. The molecular formula is C18H21N3O4. The molecule has 7 heteroatoms. The first-order valence-electron chi connectivity index (χ1n) is 8.44. The summed E-state index contributed by atoms with van der Waals surface area (Å²) in [7, 11) is 0. The van der Waals surface area contributed by atoms with Crippen molar-refractivity contribution in [3.63, 3.8) is 0 Å². The molecule has 0 aliphatic carbocycles. The smallest absolute Gasteiger partial charge is 0.249 e. The number of likely N-dealkylation sites (tertiary alicyclic amines) is 1. The van der Waals surface area contributed by atoms with E-state index < -0.39 is 17.9 Å². The molecule has 1 aromatic rings. The molecule has 3 unspecified atom stereocenters. The maximum absolute atomic E-state index is 12.4. The summed E-state index contributed by atoms with van der Waals surface area (Å²) in [6, 6.07) is 8.84. The number of hydrogen-bond acceptors (Lipinski definition) is 4. The molecule has 0 saturated carbocycles. The monoisotopic (exact) mass is 343 g/mol. The van der Waals surface area contributed by atoms with E-state index in [1.807, 2.05) is 37.3 Å². The Morgan fingerprint density at radius 3 is 2.64 bits per heavy atom. The number of piperidine rings is 1. The van der Waals surface area contributed by atoms with Crippen LogP contribution >= 0.6 is 0 Å². The minimum absolute atomic E-state index is 0.0697. The van der Waals surface area contributed by atoms with Crippen LogP contribution in [0.4, 0.5) is 0 Å². The highest BCUT2D eigenvalue weighted by molar-refractivity contribution is 6.02. The van der Waals surface area contributed by atoms with Crippen LogP contribution in [0.2, 0.25) is 0 Å². The molecule has 3 atom stereocenters. The molecule has 7 nitrogen and oxygen atoms in total. The van der Waals surface area contributed by atoms with Crippen molar-refractivity contribution in [3.05, 3.63) is 35.9 Å². The van der Waals surface area contributed by atoms with Crippen LogP contribution in [0.25, 0.3) is 0 Å². The first-order chi connectivity index (χ1) is 12.0. The molecule has 2 saturated heterocycles. The molecule has 0 spiro atoms. The average Bonchev–Trinajstić information content (AvgIpc) is 2.99. The molecule has 25 heavy (non-hydrogen) atoms. The van der Waals surface area contributed by atoms with E-state index in [1.54, 1.807) is 4.90 Å². The Morgan fingerprint density at radius 1 is 1.24 bits per heavy atom. The van der Waals surface area contributed by atoms with Gasteiger partial charge in [-0.3, -0.25) is 24.5 Å². The Labute approximate surface area is 145 Å². The van der Waals surface area contributed by atoms with Crippen LogP contribution in [0.15, 0.2) is 30.3 Å². The van der Waals surface area contributed by atoms with Gasteiger partial charge in [0.15, 0.2) is 0 Å². The fraction of sp³-hybridized carbons (Fsp3) is 0.444. The molecule has 2 aliphatic rings. The lowest BCUT2D eigenvalue weighted by atomic mass is 10.0. The zero-order chi connectivity index (χ0) is 18.0. The van der Waals surface area contributed by atoms with Crippen molar-refractivity contribution in [1.82, 2.24) is 15.5 Å². The van der Waals surface area contributed by atoms with Gasteiger partial charge < -0.3 is 10.2 Å². The highest BCUT2D eigenvalue weighted by atomic mass is 16.2. The van der Waals surface area contributed by atoms with Crippen molar-refractivity contribution in [2.24, 2.45) is 5.92 Å². The van der Waals surface area contributed by atoms with Crippen LogP contribution in [-0.4, -0.2) is 41.1 Å². The number of carbonyl (C=O) groups is 4. The molecule has 2 fully saturated rings. The van der Waals surface area contributed by atoms with Gasteiger partial charge >= 0.3 is 0 Å². The summed E-state index contributed by atoms with van der Waals surface area (Å²) in [5.41, 5.74) is 1.02. The van der Waals surface area contributed by atoms with Crippen LogP contribution in [0, 0.1) is 5.92 Å². The van der Waals surface area contributed by atoms with E-state index in [1.165, 1.54) is 0 Å². The van der Waals surface area contributed by atoms with E-state index >= 15 is 0 Å². The fourth-order valence-corrected chi connectivity index (χ4v) is 3.31. The van der Waals surface area contributed by atoms with Crippen LogP contribution < -0.4 is 10.6 Å². The van der Waals surface area contributed by atoms with Crippen LogP contribution in [-0.2, 0) is 19.2 Å². The molecule has 132 valence electrons. The van der Waals surface area contributed by atoms with Crippen molar-refractivity contribution in [2.45, 2.75) is 38.3 Å². The van der Waals surface area contributed by atoms with E-state index in [2.05, 4.69) is 10.6 Å². The zero-order valence-corrected chi connectivity index (χ0v) is 14.0. The Hall–Kier alpha value is -2.70. The molecule has 2 N–H and O–H groups in total. The van der Waals surface area contributed by atoms with Gasteiger partial charge in [0.2, 0.25) is 23.6 Å². The Morgan fingerprint density at radius 2 is 1.96 bits per heavy atom. The topological polar surface area (TPSA) is 95.6 Å². The van der Waals surface area contributed by atoms with E-state index in [4.69, 9.17) is 0 Å². The summed E-state index contributed by atoms with van der Waals surface area (Å²) in [4.78, 5) is 49.4. The van der Waals surface area contributed by atoms with Crippen molar-refractivity contribution in [3.8, 4) is 0 Å². The van der Waals surface area contributed by atoms with Crippen LogP contribution in [0.1, 0.15) is 37.8 Å². The maximum Gasteiger partial charge on any atom is 0.249 e. The number of imide groups is 1. The van der Waals surface area contributed by atoms with Gasteiger partial charge in [-0.05, 0) is 18.9 Å². The summed E-state index contributed by atoms with van der Waals surface area (Å²) in [5.74, 6) is -1.67. The van der Waals surface area contributed by atoms with E-state index in [0.717, 1.165) is 5.56 Å². The van der Waals surface area contributed by atoms with Crippen molar-refractivity contribution < 1.29 is 19.2 Å². The molecule has 3 rings (SSSR count). The van der Waals surface area contributed by atoms with E-state index in [0.29, 0.717) is 13.0 Å². The number of benzene rings is 1. The largest absolute Gasteiger partial charge is 0.344 e. The minimum atomic E-state index is -0.708. The molecule has 2 heterocycles. The number of hydrogen-bond donors (Lipinski definition) is 2. The van der Waals surface area contributed by atoms with Gasteiger partial charge in [0.25, 0.3) is 0 Å². The number of amides is 4. The lowest BCUT2D eigenvalue weighted by Gasteiger charge is -2.26.